The van der Waals surface area contributed by atoms with E-state index in [2.05, 4.69) is 38.7 Å². The lowest BCUT2D eigenvalue weighted by Gasteiger charge is -2.34. The lowest BCUT2D eigenvalue weighted by molar-refractivity contribution is 0.411. The van der Waals surface area contributed by atoms with Crippen LogP contribution in [0.5, 0.6) is 5.75 Å². The molecule has 0 bridgehead atoms. The Morgan fingerprint density at radius 3 is 2.63 bits per heavy atom. The second kappa shape index (κ2) is 12.0. The van der Waals surface area contributed by atoms with Gasteiger partial charge >= 0.3 is 0 Å². The first-order valence-electron chi connectivity index (χ1n) is 10.2. The third-order valence-electron chi connectivity index (χ3n) is 5.41. The summed E-state index contributed by atoms with van der Waals surface area (Å²) in [6.45, 7) is 4.66. The standard InChI is InChI=1S/C23H31FN4O.HI/c1-17-7-8-18(15-22(17)29-3)9-12-26-23(25-2)27-20-10-13-28(14-11-20)21-6-4-5-19(24)16-21;/h4-8,15-16,20H,9-14H2,1-3H3,(H2,25,26,27);1H. The number of halogens is 2. The molecule has 7 heteroatoms. The van der Waals surface area contributed by atoms with Gasteiger partial charge in [0.2, 0.25) is 0 Å². The van der Waals surface area contributed by atoms with Gasteiger partial charge in [-0.3, -0.25) is 4.99 Å². The van der Waals surface area contributed by atoms with E-state index in [4.69, 9.17) is 4.74 Å². The topological polar surface area (TPSA) is 48.9 Å². The number of methoxy groups -OCH3 is 1. The van der Waals surface area contributed by atoms with Gasteiger partial charge in [-0.1, -0.05) is 18.2 Å². The Kier molecular flexibility index (Phi) is 9.68. The quantitative estimate of drug-likeness (QED) is 0.338. The molecule has 0 radical (unpaired) electrons. The molecule has 0 unspecified atom stereocenters. The van der Waals surface area contributed by atoms with E-state index in [0.717, 1.165) is 61.9 Å². The molecule has 3 rings (SSSR count). The molecular weight excluding hydrogens is 494 g/mol. The minimum atomic E-state index is -0.182. The van der Waals surface area contributed by atoms with Crippen LogP contribution in [0.3, 0.4) is 0 Å². The summed E-state index contributed by atoms with van der Waals surface area (Å²) in [5.74, 6) is 1.57. The highest BCUT2D eigenvalue weighted by molar-refractivity contribution is 14.0. The molecule has 0 saturated carbocycles. The molecule has 1 fully saturated rings. The molecule has 1 aliphatic rings. The average molecular weight is 526 g/mol. The van der Waals surface area contributed by atoms with E-state index in [1.54, 1.807) is 26.3 Å². The fraction of sp³-hybridized carbons (Fsp3) is 0.435. The maximum atomic E-state index is 13.4. The van der Waals surface area contributed by atoms with E-state index < -0.39 is 0 Å². The van der Waals surface area contributed by atoms with Crippen molar-refractivity contribution in [2.75, 3.05) is 38.7 Å². The molecule has 1 heterocycles. The van der Waals surface area contributed by atoms with Crippen LogP contribution in [-0.2, 0) is 6.42 Å². The lowest BCUT2D eigenvalue weighted by atomic mass is 10.0. The number of nitrogens with one attached hydrogen (secondary N) is 2. The van der Waals surface area contributed by atoms with E-state index in [0.29, 0.717) is 6.04 Å². The Hall–Kier alpha value is -2.03. The number of piperidine rings is 1. The molecule has 2 aromatic rings. The van der Waals surface area contributed by atoms with Crippen LogP contribution in [0.2, 0.25) is 0 Å². The van der Waals surface area contributed by atoms with Crippen LogP contribution in [-0.4, -0.2) is 45.8 Å². The van der Waals surface area contributed by atoms with Crippen LogP contribution in [0.4, 0.5) is 10.1 Å². The van der Waals surface area contributed by atoms with Gasteiger partial charge in [0.25, 0.3) is 0 Å². The second-order valence-corrected chi connectivity index (χ2v) is 7.44. The van der Waals surface area contributed by atoms with Crippen molar-refractivity contribution >= 4 is 35.6 Å². The van der Waals surface area contributed by atoms with Crippen molar-refractivity contribution < 1.29 is 9.13 Å². The molecule has 5 nitrogen and oxygen atoms in total. The van der Waals surface area contributed by atoms with Gasteiger partial charge in [0, 0.05) is 38.4 Å². The van der Waals surface area contributed by atoms with E-state index in [9.17, 15) is 4.39 Å². The molecule has 0 spiro atoms. The first kappa shape index (κ1) is 24.2. The summed E-state index contributed by atoms with van der Waals surface area (Å²) in [5, 5.41) is 6.92. The van der Waals surface area contributed by atoms with Crippen molar-refractivity contribution in [2.45, 2.75) is 32.2 Å². The summed E-state index contributed by atoms with van der Waals surface area (Å²) >= 11 is 0. The van der Waals surface area contributed by atoms with Crippen molar-refractivity contribution in [1.82, 2.24) is 10.6 Å². The number of aliphatic imine (C=N–C) groups is 1. The fourth-order valence-electron chi connectivity index (χ4n) is 3.69. The van der Waals surface area contributed by atoms with Crippen molar-refractivity contribution in [3.63, 3.8) is 0 Å². The van der Waals surface area contributed by atoms with Gasteiger partial charge in [0.15, 0.2) is 5.96 Å². The second-order valence-electron chi connectivity index (χ2n) is 7.44. The lowest BCUT2D eigenvalue weighted by Crippen LogP contribution is -2.49. The molecule has 1 saturated heterocycles. The monoisotopic (exact) mass is 526 g/mol. The molecule has 30 heavy (non-hydrogen) atoms. The van der Waals surface area contributed by atoms with Crippen LogP contribution >= 0.6 is 24.0 Å². The zero-order valence-electron chi connectivity index (χ0n) is 18.0. The van der Waals surface area contributed by atoms with E-state index in [1.165, 1.54) is 11.6 Å². The van der Waals surface area contributed by atoms with Gasteiger partial charge in [-0.25, -0.2) is 4.39 Å². The van der Waals surface area contributed by atoms with E-state index in [-0.39, 0.29) is 29.8 Å². The molecule has 0 aromatic heterocycles. The van der Waals surface area contributed by atoms with Gasteiger partial charge in [0.1, 0.15) is 11.6 Å². The number of hydrogen-bond donors (Lipinski definition) is 2. The number of guanidine groups is 1. The fourth-order valence-corrected chi connectivity index (χ4v) is 3.69. The van der Waals surface area contributed by atoms with Crippen LogP contribution in [0.15, 0.2) is 47.5 Å². The molecule has 1 aliphatic heterocycles. The van der Waals surface area contributed by atoms with Crippen molar-refractivity contribution in [1.29, 1.82) is 0 Å². The molecule has 2 aromatic carbocycles. The summed E-state index contributed by atoms with van der Waals surface area (Å²) in [4.78, 5) is 6.59. The minimum absolute atomic E-state index is 0. The molecule has 0 atom stereocenters. The van der Waals surface area contributed by atoms with Gasteiger partial charge < -0.3 is 20.3 Å². The minimum Gasteiger partial charge on any atom is -0.496 e. The zero-order valence-corrected chi connectivity index (χ0v) is 20.3. The number of ether oxygens (including phenoxy) is 1. The molecule has 0 amide bonds. The predicted molar refractivity (Wildman–Crippen MR) is 133 cm³/mol. The maximum absolute atomic E-state index is 13.4. The summed E-state index contributed by atoms with van der Waals surface area (Å²) in [5.41, 5.74) is 3.34. The Balaban J connectivity index is 0.00000320. The third kappa shape index (κ3) is 6.75. The summed E-state index contributed by atoms with van der Waals surface area (Å²) in [6, 6.07) is 13.5. The third-order valence-corrected chi connectivity index (χ3v) is 5.41. The Labute approximate surface area is 196 Å². The van der Waals surface area contributed by atoms with Crippen LogP contribution in [0.25, 0.3) is 0 Å². The molecular formula is C23H32FIN4O. The highest BCUT2D eigenvalue weighted by Gasteiger charge is 2.20. The Morgan fingerprint density at radius 1 is 1.20 bits per heavy atom. The molecule has 164 valence electrons. The highest BCUT2D eigenvalue weighted by atomic mass is 127. The smallest absolute Gasteiger partial charge is 0.191 e. The van der Waals surface area contributed by atoms with Crippen molar-refractivity contribution in [3.8, 4) is 5.75 Å². The van der Waals surface area contributed by atoms with Gasteiger partial charge in [-0.2, -0.15) is 0 Å². The average Bonchev–Trinajstić information content (AvgIpc) is 2.74. The zero-order chi connectivity index (χ0) is 20.6. The number of benzene rings is 2. The van der Waals surface area contributed by atoms with Crippen LogP contribution < -0.4 is 20.3 Å². The van der Waals surface area contributed by atoms with E-state index in [1.807, 2.05) is 13.0 Å². The highest BCUT2D eigenvalue weighted by Crippen LogP contribution is 2.21. The Bertz CT molecular complexity index is 838. The predicted octanol–water partition coefficient (Wildman–Crippen LogP) is 4.14. The summed E-state index contributed by atoms with van der Waals surface area (Å²) in [7, 11) is 3.50. The van der Waals surface area contributed by atoms with Crippen LogP contribution in [0, 0.1) is 12.7 Å². The number of anilines is 1. The Morgan fingerprint density at radius 2 is 1.97 bits per heavy atom. The van der Waals surface area contributed by atoms with Crippen molar-refractivity contribution in [3.05, 3.63) is 59.4 Å². The van der Waals surface area contributed by atoms with Gasteiger partial charge in [-0.15, -0.1) is 24.0 Å². The van der Waals surface area contributed by atoms with E-state index >= 15 is 0 Å². The number of nitrogens with zero attached hydrogens (tertiary/aromatic N) is 2. The maximum Gasteiger partial charge on any atom is 0.191 e. The number of hydrogen-bond acceptors (Lipinski definition) is 3. The van der Waals surface area contributed by atoms with Gasteiger partial charge in [0.05, 0.1) is 7.11 Å². The normalized spacial score (nSPS) is 14.8. The largest absolute Gasteiger partial charge is 0.496 e. The summed E-state index contributed by atoms with van der Waals surface area (Å²) in [6.07, 6.45) is 2.88. The first-order valence-corrected chi connectivity index (χ1v) is 10.2. The van der Waals surface area contributed by atoms with Crippen LogP contribution in [0.1, 0.15) is 24.0 Å². The summed E-state index contributed by atoms with van der Waals surface area (Å²) < 4.78 is 18.9. The number of rotatable bonds is 6. The van der Waals surface area contributed by atoms with Crippen molar-refractivity contribution in [2.24, 2.45) is 4.99 Å². The molecule has 2 N–H and O–H groups in total. The SMILES string of the molecule is CN=C(NCCc1ccc(C)c(OC)c1)NC1CCN(c2cccc(F)c2)CC1.I. The first-order chi connectivity index (χ1) is 14.1. The molecule has 0 aliphatic carbocycles. The van der Waals surface area contributed by atoms with Gasteiger partial charge in [-0.05, 0) is 61.6 Å². The number of aryl methyl sites for hydroxylation is 1.